The number of hydrogen-bond acceptors (Lipinski definition) is 3. The maximum absolute atomic E-state index is 9.54. The molecule has 0 amide bonds. The van der Waals surface area contributed by atoms with Gasteiger partial charge in [-0.2, -0.15) is 5.10 Å². The van der Waals surface area contributed by atoms with Crippen LogP contribution in [0.15, 0.2) is 36.7 Å². The first kappa shape index (κ1) is 13.6. The summed E-state index contributed by atoms with van der Waals surface area (Å²) in [6.07, 6.45) is 5.88. The van der Waals surface area contributed by atoms with Gasteiger partial charge in [0.15, 0.2) is 0 Å². The molecule has 0 saturated carbocycles. The minimum absolute atomic E-state index is 0.232. The summed E-state index contributed by atoms with van der Waals surface area (Å²) in [5, 5.41) is 17.3. The Labute approximate surface area is 114 Å². The van der Waals surface area contributed by atoms with Crippen molar-refractivity contribution in [2.24, 2.45) is 7.05 Å². The largest absolute Gasteiger partial charge is 0.508 e. The van der Waals surface area contributed by atoms with E-state index in [0.717, 1.165) is 24.9 Å². The van der Waals surface area contributed by atoms with Crippen molar-refractivity contribution in [3.05, 3.63) is 47.8 Å². The molecule has 2 N–H and O–H groups in total. The predicted octanol–water partition coefficient (Wildman–Crippen LogP) is 2.41. The number of rotatable bonds is 6. The lowest BCUT2D eigenvalue weighted by molar-refractivity contribution is 0.472. The van der Waals surface area contributed by atoms with E-state index in [9.17, 15) is 5.11 Å². The van der Waals surface area contributed by atoms with Crippen LogP contribution >= 0.6 is 0 Å². The van der Waals surface area contributed by atoms with Crippen molar-refractivity contribution in [3.8, 4) is 5.75 Å². The minimum Gasteiger partial charge on any atom is -0.508 e. The number of nitrogens with zero attached hydrogens (tertiary/aromatic N) is 2. The van der Waals surface area contributed by atoms with Crippen molar-refractivity contribution in [3.63, 3.8) is 0 Å². The molecule has 0 bridgehead atoms. The summed E-state index contributed by atoms with van der Waals surface area (Å²) in [5.41, 5.74) is 2.30. The van der Waals surface area contributed by atoms with Gasteiger partial charge in [0.25, 0.3) is 0 Å². The second-order valence-corrected chi connectivity index (χ2v) is 4.83. The molecule has 102 valence electrons. The van der Waals surface area contributed by atoms with E-state index >= 15 is 0 Å². The van der Waals surface area contributed by atoms with Gasteiger partial charge in [0.1, 0.15) is 5.75 Å². The quantitative estimate of drug-likeness (QED) is 0.837. The maximum atomic E-state index is 9.54. The first-order valence-electron chi connectivity index (χ1n) is 6.69. The van der Waals surface area contributed by atoms with Gasteiger partial charge in [0.2, 0.25) is 0 Å². The Balaban J connectivity index is 2.13. The lowest BCUT2D eigenvalue weighted by atomic mass is 10.0. The fourth-order valence-corrected chi connectivity index (χ4v) is 2.17. The van der Waals surface area contributed by atoms with Gasteiger partial charge in [-0.1, -0.05) is 19.1 Å². The van der Waals surface area contributed by atoms with Gasteiger partial charge in [-0.15, -0.1) is 0 Å². The zero-order valence-electron chi connectivity index (χ0n) is 11.5. The first-order valence-corrected chi connectivity index (χ1v) is 6.69. The Hall–Kier alpha value is -1.81. The number of aromatic hydroxyl groups is 1. The van der Waals surface area contributed by atoms with Crippen LogP contribution in [0.3, 0.4) is 0 Å². The number of phenols is 1. The summed E-state index contributed by atoms with van der Waals surface area (Å²) in [5.74, 6) is 0.318. The van der Waals surface area contributed by atoms with Crippen molar-refractivity contribution in [2.45, 2.75) is 25.8 Å². The van der Waals surface area contributed by atoms with E-state index in [2.05, 4.69) is 17.3 Å². The van der Waals surface area contributed by atoms with Gasteiger partial charge >= 0.3 is 0 Å². The van der Waals surface area contributed by atoms with Gasteiger partial charge in [-0.3, -0.25) is 4.68 Å². The second-order valence-electron chi connectivity index (χ2n) is 4.83. The van der Waals surface area contributed by atoms with Gasteiger partial charge in [0, 0.05) is 24.8 Å². The van der Waals surface area contributed by atoms with Gasteiger partial charge in [-0.25, -0.2) is 0 Å². The molecule has 1 aromatic carbocycles. The Morgan fingerprint density at radius 3 is 2.89 bits per heavy atom. The molecule has 0 spiro atoms. The van der Waals surface area contributed by atoms with Crippen molar-refractivity contribution < 1.29 is 5.11 Å². The van der Waals surface area contributed by atoms with Crippen molar-refractivity contribution in [1.29, 1.82) is 0 Å². The Kier molecular flexibility index (Phi) is 4.58. The third-order valence-electron chi connectivity index (χ3n) is 3.12. The number of hydrogen-bond donors (Lipinski definition) is 2. The Bertz CT molecular complexity index is 522. The normalized spacial score (nSPS) is 12.5. The molecule has 4 nitrogen and oxygen atoms in total. The van der Waals surface area contributed by atoms with Gasteiger partial charge in [-0.05, 0) is 37.1 Å². The van der Waals surface area contributed by atoms with Gasteiger partial charge in [0.05, 0.1) is 6.20 Å². The zero-order chi connectivity index (χ0) is 13.7. The van der Waals surface area contributed by atoms with Crippen molar-refractivity contribution in [2.75, 3.05) is 6.54 Å². The lowest BCUT2D eigenvalue weighted by Crippen LogP contribution is -2.23. The molecule has 0 fully saturated rings. The van der Waals surface area contributed by atoms with E-state index < -0.39 is 0 Å². The van der Waals surface area contributed by atoms with Crippen LogP contribution in [0.25, 0.3) is 0 Å². The number of aryl methyl sites for hydroxylation is 1. The topological polar surface area (TPSA) is 50.1 Å². The Morgan fingerprint density at radius 2 is 2.26 bits per heavy atom. The Morgan fingerprint density at radius 1 is 1.42 bits per heavy atom. The summed E-state index contributed by atoms with van der Waals surface area (Å²) in [6, 6.07) is 7.66. The molecule has 0 aliphatic carbocycles. The highest BCUT2D eigenvalue weighted by Gasteiger charge is 2.13. The summed E-state index contributed by atoms with van der Waals surface area (Å²) < 4.78 is 1.82. The van der Waals surface area contributed by atoms with Crippen molar-refractivity contribution >= 4 is 0 Å². The fourth-order valence-electron chi connectivity index (χ4n) is 2.17. The zero-order valence-corrected chi connectivity index (χ0v) is 11.5. The van der Waals surface area contributed by atoms with E-state index in [1.54, 1.807) is 6.07 Å². The molecule has 0 radical (unpaired) electrons. The van der Waals surface area contributed by atoms with Crippen molar-refractivity contribution in [1.82, 2.24) is 15.1 Å². The molecule has 1 unspecified atom stereocenters. The number of phenolic OH excluding ortho intramolecular Hbond substituents is 1. The summed E-state index contributed by atoms with van der Waals surface area (Å²) in [4.78, 5) is 0. The van der Waals surface area contributed by atoms with Crippen LogP contribution in [0.4, 0.5) is 0 Å². The molecular weight excluding hydrogens is 238 g/mol. The highest BCUT2D eigenvalue weighted by molar-refractivity contribution is 5.29. The summed E-state index contributed by atoms with van der Waals surface area (Å²) in [7, 11) is 1.93. The molecule has 0 aliphatic rings. The monoisotopic (exact) mass is 259 g/mol. The maximum Gasteiger partial charge on any atom is 0.115 e. The smallest absolute Gasteiger partial charge is 0.115 e. The second kappa shape index (κ2) is 6.38. The average molecular weight is 259 g/mol. The van der Waals surface area contributed by atoms with E-state index in [4.69, 9.17) is 0 Å². The first-order chi connectivity index (χ1) is 9.19. The third-order valence-corrected chi connectivity index (χ3v) is 3.12. The molecule has 0 aliphatic heterocycles. The molecule has 4 heteroatoms. The van der Waals surface area contributed by atoms with Crippen LogP contribution in [0, 0.1) is 0 Å². The van der Waals surface area contributed by atoms with E-state index in [0.29, 0.717) is 5.75 Å². The number of benzene rings is 1. The van der Waals surface area contributed by atoms with Crippen LogP contribution in [-0.2, 0) is 13.5 Å². The van der Waals surface area contributed by atoms with Crippen LogP contribution in [0.1, 0.15) is 30.5 Å². The van der Waals surface area contributed by atoms with Crippen LogP contribution in [0.2, 0.25) is 0 Å². The van der Waals surface area contributed by atoms with E-state index in [1.807, 2.05) is 42.3 Å². The fraction of sp³-hybridized carbons (Fsp3) is 0.400. The predicted molar refractivity (Wildman–Crippen MR) is 76.1 cm³/mol. The average Bonchev–Trinajstić information content (AvgIpc) is 2.81. The molecular formula is C15H21N3O. The van der Waals surface area contributed by atoms with E-state index in [1.165, 1.54) is 5.56 Å². The van der Waals surface area contributed by atoms with Crippen LogP contribution in [0.5, 0.6) is 5.75 Å². The lowest BCUT2D eigenvalue weighted by Gasteiger charge is -2.17. The van der Waals surface area contributed by atoms with E-state index in [-0.39, 0.29) is 6.04 Å². The molecule has 1 aromatic heterocycles. The summed E-state index contributed by atoms with van der Waals surface area (Å²) >= 11 is 0. The highest BCUT2D eigenvalue weighted by Crippen LogP contribution is 2.20. The number of nitrogens with one attached hydrogen (secondary N) is 1. The van der Waals surface area contributed by atoms with Crippen LogP contribution in [-0.4, -0.2) is 21.4 Å². The summed E-state index contributed by atoms with van der Waals surface area (Å²) in [6.45, 7) is 3.13. The third kappa shape index (κ3) is 3.83. The van der Waals surface area contributed by atoms with Gasteiger partial charge < -0.3 is 10.4 Å². The molecule has 2 rings (SSSR count). The number of aromatic nitrogens is 2. The minimum atomic E-state index is 0.232. The highest BCUT2D eigenvalue weighted by atomic mass is 16.3. The molecule has 1 atom stereocenters. The molecule has 0 saturated heterocycles. The molecule has 1 heterocycles. The molecule has 2 aromatic rings. The van der Waals surface area contributed by atoms with Crippen LogP contribution < -0.4 is 5.32 Å². The molecule has 19 heavy (non-hydrogen) atoms. The SMILES string of the molecule is CCCNC(Cc1cccc(O)c1)c1cnn(C)c1. The standard InChI is InChI=1S/C15H21N3O/c1-3-7-16-15(13-10-17-18(2)11-13)9-12-5-4-6-14(19)8-12/h4-6,8,10-11,15-16,19H,3,7,9H2,1-2H3.